The molecule has 0 unspecified atom stereocenters. The number of nitrogens with one attached hydrogen (secondary N) is 2. The number of rotatable bonds is 5. The Bertz CT molecular complexity index is 618. The number of aromatic amines is 1. The zero-order valence-corrected chi connectivity index (χ0v) is 11.0. The van der Waals surface area contributed by atoms with Crippen LogP contribution in [0.3, 0.4) is 0 Å². The van der Waals surface area contributed by atoms with Gasteiger partial charge < -0.3 is 10.3 Å². The van der Waals surface area contributed by atoms with Gasteiger partial charge in [-0.25, -0.2) is 9.97 Å². The smallest absolute Gasteiger partial charge is 0.142 e. The lowest BCUT2D eigenvalue weighted by Crippen LogP contribution is -2.13. The van der Waals surface area contributed by atoms with Gasteiger partial charge in [-0.3, -0.25) is 4.98 Å². The Balaban J connectivity index is 1.59. The van der Waals surface area contributed by atoms with Crippen LogP contribution in [0.4, 0.5) is 0 Å². The van der Waals surface area contributed by atoms with E-state index in [4.69, 9.17) is 0 Å². The van der Waals surface area contributed by atoms with Crippen LogP contribution in [0.25, 0.3) is 10.7 Å². The maximum absolute atomic E-state index is 4.56. The van der Waals surface area contributed by atoms with Crippen LogP contribution in [0.1, 0.15) is 11.5 Å². The lowest BCUT2D eigenvalue weighted by molar-refractivity contribution is 0.660. The number of H-pyrrole nitrogens is 1. The fourth-order valence-corrected chi connectivity index (χ4v) is 2.49. The van der Waals surface area contributed by atoms with Crippen LogP contribution in [0.15, 0.2) is 42.2 Å². The van der Waals surface area contributed by atoms with Gasteiger partial charge in [-0.2, -0.15) is 0 Å². The number of hydrogen-bond donors (Lipinski definition) is 2. The van der Waals surface area contributed by atoms with E-state index in [1.54, 1.807) is 23.7 Å². The second-order valence-electron chi connectivity index (χ2n) is 4.00. The van der Waals surface area contributed by atoms with Crippen LogP contribution in [0.2, 0.25) is 0 Å². The first kappa shape index (κ1) is 12.0. The van der Waals surface area contributed by atoms with Gasteiger partial charge in [0.2, 0.25) is 0 Å². The predicted octanol–water partition coefficient (Wildman–Crippen LogP) is 2.22. The molecule has 0 radical (unpaired) electrons. The molecule has 0 spiro atoms. The van der Waals surface area contributed by atoms with Crippen molar-refractivity contribution >= 4 is 11.3 Å². The third-order valence-corrected chi connectivity index (χ3v) is 3.50. The summed E-state index contributed by atoms with van der Waals surface area (Å²) in [6, 6.07) is 5.85. The van der Waals surface area contributed by atoms with Crippen molar-refractivity contribution in [2.45, 2.75) is 13.1 Å². The normalized spacial score (nSPS) is 10.7. The number of pyridine rings is 1. The molecule has 3 aromatic heterocycles. The molecule has 0 aliphatic carbocycles. The van der Waals surface area contributed by atoms with Gasteiger partial charge >= 0.3 is 0 Å². The molecule has 0 saturated heterocycles. The van der Waals surface area contributed by atoms with E-state index in [2.05, 4.69) is 30.6 Å². The molecule has 3 aromatic rings. The average molecular weight is 271 g/mol. The Morgan fingerprint density at radius 2 is 2.16 bits per heavy atom. The van der Waals surface area contributed by atoms with Gasteiger partial charge in [0.1, 0.15) is 10.8 Å². The molecule has 0 amide bonds. The van der Waals surface area contributed by atoms with Crippen LogP contribution in [0, 0.1) is 0 Å². The molecule has 2 N–H and O–H groups in total. The van der Waals surface area contributed by atoms with E-state index in [0.29, 0.717) is 6.54 Å². The van der Waals surface area contributed by atoms with Crippen molar-refractivity contribution in [2.75, 3.05) is 0 Å². The van der Waals surface area contributed by atoms with Crippen molar-refractivity contribution in [1.29, 1.82) is 0 Å². The van der Waals surface area contributed by atoms with E-state index in [9.17, 15) is 0 Å². The summed E-state index contributed by atoms with van der Waals surface area (Å²) < 4.78 is 0. The quantitative estimate of drug-likeness (QED) is 0.746. The Labute approximate surface area is 114 Å². The minimum absolute atomic E-state index is 0.712. The maximum atomic E-state index is 4.56. The highest BCUT2D eigenvalue weighted by atomic mass is 32.1. The van der Waals surface area contributed by atoms with E-state index in [1.807, 2.05) is 24.4 Å². The molecule has 0 aliphatic rings. The summed E-state index contributed by atoms with van der Waals surface area (Å²) in [6.07, 6.45) is 5.35. The van der Waals surface area contributed by atoms with Crippen LogP contribution in [0.5, 0.6) is 0 Å². The number of hydrogen-bond acceptors (Lipinski definition) is 5. The minimum atomic E-state index is 0.712. The van der Waals surface area contributed by atoms with Gasteiger partial charge in [0.15, 0.2) is 0 Å². The second kappa shape index (κ2) is 5.73. The van der Waals surface area contributed by atoms with Crippen LogP contribution in [-0.4, -0.2) is 19.9 Å². The molecule has 6 heteroatoms. The van der Waals surface area contributed by atoms with Crippen LogP contribution < -0.4 is 5.32 Å². The summed E-state index contributed by atoms with van der Waals surface area (Å²) in [6.45, 7) is 1.44. The molecule has 19 heavy (non-hydrogen) atoms. The zero-order valence-electron chi connectivity index (χ0n) is 10.2. The van der Waals surface area contributed by atoms with E-state index in [0.717, 1.165) is 28.8 Å². The molecule has 0 aliphatic heterocycles. The van der Waals surface area contributed by atoms with Crippen LogP contribution >= 0.6 is 11.3 Å². The van der Waals surface area contributed by atoms with Gasteiger partial charge in [0.25, 0.3) is 0 Å². The number of thiazole rings is 1. The summed E-state index contributed by atoms with van der Waals surface area (Å²) in [5.74, 6) is 0.931. The third-order valence-electron chi connectivity index (χ3n) is 2.59. The molecule has 0 saturated carbocycles. The first-order valence-electron chi connectivity index (χ1n) is 5.96. The first-order valence-corrected chi connectivity index (χ1v) is 6.84. The molecule has 0 bridgehead atoms. The Morgan fingerprint density at radius 3 is 2.95 bits per heavy atom. The summed E-state index contributed by atoms with van der Waals surface area (Å²) in [5.41, 5.74) is 1.95. The topological polar surface area (TPSA) is 66.5 Å². The molecule has 96 valence electrons. The van der Waals surface area contributed by atoms with Crippen molar-refractivity contribution in [3.05, 3.63) is 53.7 Å². The molecule has 0 fully saturated rings. The van der Waals surface area contributed by atoms with E-state index in [1.165, 1.54) is 0 Å². The standard InChI is InChI=1S/C13H13N5S/c1-2-4-15-11(3-1)13-18-10(9-19-13)7-14-8-12-16-5-6-17-12/h1-6,9,14H,7-8H2,(H,16,17). The third kappa shape index (κ3) is 3.04. The highest BCUT2D eigenvalue weighted by molar-refractivity contribution is 7.13. The van der Waals surface area contributed by atoms with Gasteiger partial charge in [0.05, 0.1) is 17.9 Å². The second-order valence-corrected chi connectivity index (χ2v) is 4.86. The fourth-order valence-electron chi connectivity index (χ4n) is 1.70. The molecule has 5 nitrogen and oxygen atoms in total. The van der Waals surface area contributed by atoms with Crippen molar-refractivity contribution < 1.29 is 0 Å². The Kier molecular flexibility index (Phi) is 3.62. The zero-order chi connectivity index (χ0) is 12.9. The molecular weight excluding hydrogens is 258 g/mol. The van der Waals surface area contributed by atoms with Crippen molar-refractivity contribution in [2.24, 2.45) is 0 Å². The minimum Gasteiger partial charge on any atom is -0.348 e. The molecule has 0 atom stereocenters. The monoisotopic (exact) mass is 271 g/mol. The average Bonchev–Trinajstić information content (AvgIpc) is 3.11. The number of imidazole rings is 1. The highest BCUT2D eigenvalue weighted by Crippen LogP contribution is 2.21. The summed E-state index contributed by atoms with van der Waals surface area (Å²) in [5, 5.41) is 6.31. The van der Waals surface area contributed by atoms with Gasteiger partial charge in [-0.15, -0.1) is 11.3 Å². The summed E-state index contributed by atoms with van der Waals surface area (Å²) in [4.78, 5) is 16.1. The van der Waals surface area contributed by atoms with Gasteiger partial charge in [0, 0.05) is 30.5 Å². The van der Waals surface area contributed by atoms with Crippen molar-refractivity contribution in [3.8, 4) is 10.7 Å². The highest BCUT2D eigenvalue weighted by Gasteiger charge is 2.05. The number of aromatic nitrogens is 4. The van der Waals surface area contributed by atoms with Gasteiger partial charge in [-0.1, -0.05) is 6.07 Å². The first-order chi connectivity index (χ1) is 9.42. The van der Waals surface area contributed by atoms with Gasteiger partial charge in [-0.05, 0) is 12.1 Å². The summed E-state index contributed by atoms with van der Waals surface area (Å²) in [7, 11) is 0. The lowest BCUT2D eigenvalue weighted by atomic mass is 10.3. The largest absolute Gasteiger partial charge is 0.348 e. The van der Waals surface area contributed by atoms with Crippen LogP contribution in [-0.2, 0) is 13.1 Å². The molecule has 0 aromatic carbocycles. The Hall–Kier alpha value is -2.05. The van der Waals surface area contributed by atoms with Crippen molar-refractivity contribution in [3.63, 3.8) is 0 Å². The predicted molar refractivity (Wildman–Crippen MR) is 74.5 cm³/mol. The van der Waals surface area contributed by atoms with E-state index >= 15 is 0 Å². The Morgan fingerprint density at radius 1 is 1.16 bits per heavy atom. The molecule has 3 heterocycles. The fraction of sp³-hybridized carbons (Fsp3) is 0.154. The summed E-state index contributed by atoms with van der Waals surface area (Å²) >= 11 is 1.61. The van der Waals surface area contributed by atoms with Crippen molar-refractivity contribution in [1.82, 2.24) is 25.3 Å². The van der Waals surface area contributed by atoms with E-state index < -0.39 is 0 Å². The number of nitrogens with zero attached hydrogens (tertiary/aromatic N) is 3. The molecule has 3 rings (SSSR count). The molecular formula is C13H13N5S. The van der Waals surface area contributed by atoms with E-state index in [-0.39, 0.29) is 0 Å². The lowest BCUT2D eigenvalue weighted by Gasteiger charge is -1.99. The maximum Gasteiger partial charge on any atom is 0.142 e. The SMILES string of the molecule is c1ccc(-c2nc(CNCc3ncc[nH]3)cs2)nc1.